The van der Waals surface area contributed by atoms with Gasteiger partial charge in [-0.2, -0.15) is 5.10 Å². The Hall–Kier alpha value is -3.42. The number of benzene rings is 1. The van der Waals surface area contributed by atoms with E-state index in [9.17, 15) is 4.79 Å². The number of ether oxygens (including phenoxy) is 1. The Bertz CT molecular complexity index is 861. The highest BCUT2D eigenvalue weighted by atomic mass is 16.5. The minimum absolute atomic E-state index is 0.0815. The maximum absolute atomic E-state index is 12.1. The maximum Gasteiger partial charge on any atom is 0.278 e. The van der Waals surface area contributed by atoms with Gasteiger partial charge in [-0.1, -0.05) is 12.1 Å². The van der Waals surface area contributed by atoms with Gasteiger partial charge in [0.15, 0.2) is 11.5 Å². The van der Waals surface area contributed by atoms with Crippen LogP contribution in [0, 0.1) is 0 Å². The Morgan fingerprint density at radius 3 is 2.96 bits per heavy atom. The molecule has 0 saturated carbocycles. The van der Waals surface area contributed by atoms with Gasteiger partial charge in [-0.05, 0) is 17.7 Å². The molecular weight excluding hydrogens is 308 g/mol. The van der Waals surface area contributed by atoms with E-state index in [1.807, 2.05) is 24.3 Å². The van der Waals surface area contributed by atoms with Gasteiger partial charge in [0, 0.05) is 18.6 Å². The van der Waals surface area contributed by atoms with Gasteiger partial charge in [-0.15, -0.1) is 0 Å². The monoisotopic (exact) mass is 324 g/mol. The number of anilines is 2. The van der Waals surface area contributed by atoms with E-state index in [1.54, 1.807) is 24.2 Å². The second-order valence-corrected chi connectivity index (χ2v) is 5.02. The molecule has 8 heteroatoms. The summed E-state index contributed by atoms with van der Waals surface area (Å²) in [5, 5.41) is 6.93. The topological polar surface area (TPSA) is 108 Å². The molecule has 0 unspecified atom stereocenters. The lowest BCUT2D eigenvalue weighted by Crippen LogP contribution is -2.16. The molecule has 3 rings (SSSR count). The number of hydrogen-bond acceptors (Lipinski definition) is 6. The fraction of sp³-hybridized carbons (Fsp3) is 0.125. The first-order chi connectivity index (χ1) is 11.7. The normalized spacial score (nSPS) is 10.4. The zero-order valence-electron chi connectivity index (χ0n) is 13.0. The van der Waals surface area contributed by atoms with E-state index >= 15 is 0 Å². The second-order valence-electron chi connectivity index (χ2n) is 5.02. The quantitative estimate of drug-likeness (QED) is 0.737. The summed E-state index contributed by atoms with van der Waals surface area (Å²) >= 11 is 0. The van der Waals surface area contributed by atoms with Crippen LogP contribution in [0.15, 0.2) is 49.1 Å². The first-order valence-corrected chi connectivity index (χ1v) is 7.19. The molecule has 3 N–H and O–H groups in total. The molecular formula is C16H16N6O2. The highest BCUT2D eigenvalue weighted by molar-refractivity contribution is 6.05. The molecule has 0 radical (unpaired) electrons. The van der Waals surface area contributed by atoms with E-state index in [-0.39, 0.29) is 11.5 Å². The van der Waals surface area contributed by atoms with Crippen molar-refractivity contribution in [2.45, 2.75) is 6.54 Å². The molecule has 0 aliphatic rings. The number of rotatable bonds is 5. The molecule has 1 aromatic carbocycles. The third-order valence-corrected chi connectivity index (χ3v) is 3.31. The molecule has 2 heterocycles. The van der Waals surface area contributed by atoms with Crippen LogP contribution in [0.5, 0.6) is 5.75 Å². The number of nitrogens with zero attached hydrogens (tertiary/aromatic N) is 4. The fourth-order valence-electron chi connectivity index (χ4n) is 2.19. The SMILES string of the molecule is COc1cccc(Cn2cc(NC(=O)c3nccnc3N)cn2)c1. The van der Waals surface area contributed by atoms with Crippen LogP contribution in [0.4, 0.5) is 11.5 Å². The van der Waals surface area contributed by atoms with Crippen LogP contribution in [0.25, 0.3) is 0 Å². The Morgan fingerprint density at radius 1 is 1.33 bits per heavy atom. The van der Waals surface area contributed by atoms with E-state index < -0.39 is 5.91 Å². The van der Waals surface area contributed by atoms with Gasteiger partial charge in [0.2, 0.25) is 0 Å². The van der Waals surface area contributed by atoms with E-state index in [1.165, 1.54) is 12.4 Å². The molecule has 122 valence electrons. The number of nitrogens with one attached hydrogen (secondary N) is 1. The van der Waals surface area contributed by atoms with Gasteiger partial charge in [0.25, 0.3) is 5.91 Å². The molecule has 0 spiro atoms. The van der Waals surface area contributed by atoms with Crippen molar-refractivity contribution in [1.82, 2.24) is 19.7 Å². The van der Waals surface area contributed by atoms with Gasteiger partial charge in [0.1, 0.15) is 5.75 Å². The van der Waals surface area contributed by atoms with Crippen LogP contribution in [-0.2, 0) is 6.54 Å². The first kappa shape index (κ1) is 15.5. The van der Waals surface area contributed by atoms with Crippen LogP contribution in [0.3, 0.4) is 0 Å². The molecule has 0 bridgehead atoms. The van der Waals surface area contributed by atoms with E-state index in [0.29, 0.717) is 12.2 Å². The van der Waals surface area contributed by atoms with Crippen LogP contribution in [-0.4, -0.2) is 32.8 Å². The summed E-state index contributed by atoms with van der Waals surface area (Å²) in [4.78, 5) is 19.9. The molecule has 24 heavy (non-hydrogen) atoms. The summed E-state index contributed by atoms with van der Waals surface area (Å²) in [6.07, 6.45) is 6.13. The number of nitrogens with two attached hydrogens (primary N) is 1. The highest BCUT2D eigenvalue weighted by Crippen LogP contribution is 2.15. The molecule has 0 atom stereocenters. The summed E-state index contributed by atoms with van der Waals surface area (Å²) in [7, 11) is 1.62. The second kappa shape index (κ2) is 6.78. The molecule has 0 fully saturated rings. The maximum atomic E-state index is 12.1. The van der Waals surface area contributed by atoms with Crippen molar-refractivity contribution in [2.24, 2.45) is 0 Å². The van der Waals surface area contributed by atoms with Crippen molar-refractivity contribution in [2.75, 3.05) is 18.2 Å². The number of methoxy groups -OCH3 is 1. The predicted octanol–water partition coefficient (Wildman–Crippen LogP) is 1.56. The van der Waals surface area contributed by atoms with Crippen molar-refractivity contribution in [3.63, 3.8) is 0 Å². The third kappa shape index (κ3) is 3.49. The summed E-state index contributed by atoms with van der Waals surface area (Å²) < 4.78 is 6.91. The summed E-state index contributed by atoms with van der Waals surface area (Å²) in [5.41, 5.74) is 7.31. The van der Waals surface area contributed by atoms with Crippen molar-refractivity contribution >= 4 is 17.4 Å². The van der Waals surface area contributed by atoms with Crippen molar-refractivity contribution in [3.05, 3.63) is 60.3 Å². The zero-order valence-corrected chi connectivity index (χ0v) is 13.0. The minimum atomic E-state index is -0.429. The first-order valence-electron chi connectivity index (χ1n) is 7.19. The van der Waals surface area contributed by atoms with Crippen molar-refractivity contribution < 1.29 is 9.53 Å². The van der Waals surface area contributed by atoms with Gasteiger partial charge < -0.3 is 15.8 Å². The summed E-state index contributed by atoms with van der Waals surface area (Å²) in [5.74, 6) is 0.437. The number of nitrogen functional groups attached to an aromatic ring is 1. The predicted molar refractivity (Wildman–Crippen MR) is 88.7 cm³/mol. The number of carbonyl (C=O) groups is 1. The Kier molecular flexibility index (Phi) is 4.37. The Morgan fingerprint density at radius 2 is 2.17 bits per heavy atom. The van der Waals surface area contributed by atoms with E-state index in [4.69, 9.17) is 10.5 Å². The molecule has 0 aliphatic heterocycles. The molecule has 3 aromatic rings. The number of carbonyl (C=O) groups excluding carboxylic acids is 1. The number of hydrogen-bond donors (Lipinski definition) is 2. The van der Waals surface area contributed by atoms with E-state index in [2.05, 4.69) is 20.4 Å². The molecule has 0 saturated heterocycles. The van der Waals surface area contributed by atoms with Crippen LogP contribution < -0.4 is 15.8 Å². The largest absolute Gasteiger partial charge is 0.497 e. The Labute approximate surface area is 138 Å². The van der Waals surface area contributed by atoms with Gasteiger partial charge in [0.05, 0.1) is 25.5 Å². The molecule has 8 nitrogen and oxygen atoms in total. The van der Waals surface area contributed by atoms with Gasteiger partial charge >= 0.3 is 0 Å². The Balaban J connectivity index is 1.69. The zero-order chi connectivity index (χ0) is 16.9. The highest BCUT2D eigenvalue weighted by Gasteiger charge is 2.13. The molecule has 0 aliphatic carbocycles. The summed E-state index contributed by atoms with van der Waals surface area (Å²) in [6, 6.07) is 7.70. The smallest absolute Gasteiger partial charge is 0.278 e. The van der Waals surface area contributed by atoms with Crippen molar-refractivity contribution in [3.8, 4) is 5.75 Å². The van der Waals surface area contributed by atoms with Gasteiger partial charge in [-0.25, -0.2) is 9.97 Å². The standard InChI is InChI=1S/C16H16N6O2/c1-24-13-4-2-3-11(7-13)9-22-10-12(8-20-22)21-16(23)14-15(17)19-6-5-18-14/h2-8,10H,9H2,1H3,(H2,17,19)(H,21,23). The number of amides is 1. The third-order valence-electron chi connectivity index (χ3n) is 3.31. The average Bonchev–Trinajstić information content (AvgIpc) is 3.02. The van der Waals surface area contributed by atoms with Crippen LogP contribution in [0.1, 0.15) is 16.1 Å². The lowest BCUT2D eigenvalue weighted by atomic mass is 10.2. The minimum Gasteiger partial charge on any atom is -0.497 e. The average molecular weight is 324 g/mol. The van der Waals surface area contributed by atoms with Crippen molar-refractivity contribution in [1.29, 1.82) is 0 Å². The van der Waals surface area contributed by atoms with Gasteiger partial charge in [-0.3, -0.25) is 9.48 Å². The molecule has 2 aromatic heterocycles. The lowest BCUT2D eigenvalue weighted by molar-refractivity contribution is 0.102. The van der Waals surface area contributed by atoms with E-state index in [0.717, 1.165) is 11.3 Å². The fourth-order valence-corrected chi connectivity index (χ4v) is 2.19. The van der Waals surface area contributed by atoms with Crippen LogP contribution in [0.2, 0.25) is 0 Å². The summed E-state index contributed by atoms with van der Waals surface area (Å²) in [6.45, 7) is 0.556. The molecule has 1 amide bonds. The van der Waals surface area contributed by atoms with Crippen LogP contribution >= 0.6 is 0 Å². The lowest BCUT2D eigenvalue weighted by Gasteiger charge is -2.05. The number of aromatic nitrogens is 4.